The second-order valence-electron chi connectivity index (χ2n) is 2.98. The number of carboxylic acid groups (broad SMARTS) is 1. The first kappa shape index (κ1) is 8.64. The molecule has 2 rings (SSSR count). The average Bonchev–Trinajstić information content (AvgIpc) is 2.61. The molecule has 0 amide bonds. The molecule has 3 nitrogen and oxygen atoms in total. The zero-order valence-corrected chi connectivity index (χ0v) is 7.41. The van der Waals surface area contributed by atoms with Crippen molar-refractivity contribution in [1.29, 1.82) is 0 Å². The van der Waals surface area contributed by atoms with Gasteiger partial charge in [-0.2, -0.15) is 0 Å². The van der Waals surface area contributed by atoms with Crippen molar-refractivity contribution in [2.75, 3.05) is 6.61 Å². The third-order valence-corrected chi connectivity index (χ3v) is 2.00. The molecule has 0 aromatic heterocycles. The van der Waals surface area contributed by atoms with E-state index in [0.717, 1.165) is 23.3 Å². The number of fused-ring (bicyclic) bond motifs is 1. The first-order valence-corrected chi connectivity index (χ1v) is 4.26. The molecule has 1 aliphatic heterocycles. The van der Waals surface area contributed by atoms with Gasteiger partial charge in [-0.3, -0.25) is 0 Å². The normalized spacial score (nSPS) is 12.3. The Bertz CT molecular complexity index is 438. The van der Waals surface area contributed by atoms with E-state index in [1.165, 1.54) is 0 Å². The highest BCUT2D eigenvalue weighted by molar-refractivity contribution is 5.87. The van der Waals surface area contributed by atoms with Crippen molar-refractivity contribution in [3.05, 3.63) is 29.3 Å². The molecule has 0 saturated heterocycles. The molecule has 14 heavy (non-hydrogen) atoms. The summed E-state index contributed by atoms with van der Waals surface area (Å²) in [6.07, 6.45) is 0.873. The molecule has 1 aliphatic rings. The highest BCUT2D eigenvalue weighted by atomic mass is 16.5. The van der Waals surface area contributed by atoms with E-state index in [1.54, 1.807) is 6.07 Å². The summed E-state index contributed by atoms with van der Waals surface area (Å²) in [7, 11) is 0. The van der Waals surface area contributed by atoms with Crippen molar-refractivity contribution in [1.82, 2.24) is 0 Å². The van der Waals surface area contributed by atoms with Crippen LogP contribution in [0.15, 0.2) is 18.2 Å². The van der Waals surface area contributed by atoms with E-state index in [0.29, 0.717) is 6.61 Å². The summed E-state index contributed by atoms with van der Waals surface area (Å²) in [5, 5.41) is 8.37. The molecule has 0 unspecified atom stereocenters. The maximum absolute atomic E-state index is 10.2. The first-order chi connectivity index (χ1) is 6.75. The lowest BCUT2D eigenvalue weighted by Crippen LogP contribution is -1.87. The van der Waals surface area contributed by atoms with Crippen LogP contribution in [0.4, 0.5) is 0 Å². The molecule has 0 saturated carbocycles. The summed E-state index contributed by atoms with van der Waals surface area (Å²) in [6.45, 7) is 0.700. The molecule has 3 heteroatoms. The number of carboxylic acids is 1. The van der Waals surface area contributed by atoms with E-state index in [1.807, 2.05) is 12.1 Å². The van der Waals surface area contributed by atoms with E-state index < -0.39 is 5.97 Å². The van der Waals surface area contributed by atoms with Crippen LogP contribution in [0.3, 0.4) is 0 Å². The maximum atomic E-state index is 10.2. The van der Waals surface area contributed by atoms with Gasteiger partial charge < -0.3 is 9.84 Å². The number of benzene rings is 1. The lowest BCUT2D eigenvalue weighted by molar-refractivity contribution is -0.130. The molecular formula is C11H8O3. The van der Waals surface area contributed by atoms with Crippen LogP contribution < -0.4 is 4.74 Å². The Morgan fingerprint density at radius 1 is 1.50 bits per heavy atom. The molecule has 0 spiro atoms. The lowest BCUT2D eigenvalue weighted by Gasteiger charge is -1.97. The van der Waals surface area contributed by atoms with Gasteiger partial charge in [-0.25, -0.2) is 4.79 Å². The van der Waals surface area contributed by atoms with Crippen molar-refractivity contribution < 1.29 is 14.6 Å². The Labute approximate surface area is 81.3 Å². The monoisotopic (exact) mass is 188 g/mol. The second-order valence-corrected chi connectivity index (χ2v) is 2.98. The van der Waals surface area contributed by atoms with E-state index in [2.05, 4.69) is 11.8 Å². The summed E-state index contributed by atoms with van der Waals surface area (Å²) in [4.78, 5) is 10.2. The van der Waals surface area contributed by atoms with Crippen LogP contribution in [0.25, 0.3) is 0 Å². The van der Waals surface area contributed by atoms with Gasteiger partial charge in [-0.15, -0.1) is 0 Å². The summed E-state index contributed by atoms with van der Waals surface area (Å²) in [6, 6.07) is 5.46. The van der Waals surface area contributed by atoms with Gasteiger partial charge in [0.2, 0.25) is 0 Å². The topological polar surface area (TPSA) is 46.5 Å². The molecule has 1 N–H and O–H groups in total. The molecule has 0 atom stereocenters. The van der Waals surface area contributed by atoms with Crippen LogP contribution in [0.2, 0.25) is 0 Å². The number of hydrogen-bond donors (Lipinski definition) is 1. The van der Waals surface area contributed by atoms with Crippen LogP contribution in [0.1, 0.15) is 11.1 Å². The van der Waals surface area contributed by atoms with Crippen LogP contribution >= 0.6 is 0 Å². The Morgan fingerprint density at radius 2 is 2.36 bits per heavy atom. The Balaban J connectivity index is 2.30. The zero-order chi connectivity index (χ0) is 9.97. The number of hydrogen-bond acceptors (Lipinski definition) is 2. The third-order valence-electron chi connectivity index (χ3n) is 2.00. The largest absolute Gasteiger partial charge is 0.493 e. The Morgan fingerprint density at radius 3 is 3.14 bits per heavy atom. The summed E-state index contributed by atoms with van der Waals surface area (Å²) in [5.41, 5.74) is 1.82. The summed E-state index contributed by atoms with van der Waals surface area (Å²) < 4.78 is 5.31. The quantitative estimate of drug-likeness (QED) is 0.619. The zero-order valence-electron chi connectivity index (χ0n) is 7.41. The molecule has 70 valence electrons. The fourth-order valence-corrected chi connectivity index (χ4v) is 1.39. The molecule has 1 aromatic rings. The van der Waals surface area contributed by atoms with E-state index >= 15 is 0 Å². The Kier molecular flexibility index (Phi) is 2.11. The second kappa shape index (κ2) is 3.43. The highest BCUT2D eigenvalue weighted by Gasteiger charge is 2.10. The Hall–Kier alpha value is -1.95. The van der Waals surface area contributed by atoms with Gasteiger partial charge in [0.15, 0.2) is 0 Å². The minimum atomic E-state index is -1.11. The minimum Gasteiger partial charge on any atom is -0.493 e. The fraction of sp³-hybridized carbons (Fsp3) is 0.182. The number of rotatable bonds is 0. The van der Waals surface area contributed by atoms with Crippen LogP contribution in [0.5, 0.6) is 5.75 Å². The van der Waals surface area contributed by atoms with Crippen molar-refractivity contribution in [3.8, 4) is 17.6 Å². The van der Waals surface area contributed by atoms with Crippen LogP contribution in [-0.4, -0.2) is 17.7 Å². The van der Waals surface area contributed by atoms with E-state index in [-0.39, 0.29) is 0 Å². The highest BCUT2D eigenvalue weighted by Crippen LogP contribution is 2.25. The SMILES string of the molecule is O=C(O)C#Cc1ccc2c(c1)CCO2. The van der Waals surface area contributed by atoms with Gasteiger partial charge >= 0.3 is 5.97 Å². The van der Waals surface area contributed by atoms with Gasteiger partial charge in [-0.1, -0.05) is 5.92 Å². The molecule has 0 fully saturated rings. The van der Waals surface area contributed by atoms with Crippen molar-refractivity contribution in [2.45, 2.75) is 6.42 Å². The summed E-state index contributed by atoms with van der Waals surface area (Å²) >= 11 is 0. The van der Waals surface area contributed by atoms with Gasteiger partial charge in [0.05, 0.1) is 6.61 Å². The first-order valence-electron chi connectivity index (χ1n) is 4.26. The molecule has 0 bridgehead atoms. The maximum Gasteiger partial charge on any atom is 0.382 e. The van der Waals surface area contributed by atoms with E-state index in [4.69, 9.17) is 9.84 Å². The van der Waals surface area contributed by atoms with Crippen LogP contribution in [-0.2, 0) is 11.2 Å². The molecular weight excluding hydrogens is 180 g/mol. The van der Waals surface area contributed by atoms with E-state index in [9.17, 15) is 4.79 Å². The molecule has 1 aromatic carbocycles. The predicted octanol–water partition coefficient (Wildman–Crippen LogP) is 1.06. The lowest BCUT2D eigenvalue weighted by atomic mass is 10.1. The van der Waals surface area contributed by atoms with Crippen LogP contribution in [0, 0.1) is 11.8 Å². The summed E-state index contributed by atoms with van der Waals surface area (Å²) in [5.74, 6) is 4.42. The molecule has 0 aliphatic carbocycles. The number of aliphatic carboxylic acids is 1. The standard InChI is InChI=1S/C11H8O3/c12-11(13)4-2-8-1-3-10-9(7-8)5-6-14-10/h1,3,7H,5-6H2,(H,12,13). The van der Waals surface area contributed by atoms with Gasteiger partial charge in [0, 0.05) is 17.9 Å². The fourth-order valence-electron chi connectivity index (χ4n) is 1.39. The molecule has 0 radical (unpaired) electrons. The minimum absolute atomic E-state index is 0.700. The smallest absolute Gasteiger partial charge is 0.382 e. The van der Waals surface area contributed by atoms with Gasteiger partial charge in [-0.05, 0) is 23.8 Å². The predicted molar refractivity (Wildman–Crippen MR) is 50.2 cm³/mol. The third kappa shape index (κ3) is 1.69. The molecule has 1 heterocycles. The van der Waals surface area contributed by atoms with Gasteiger partial charge in [0.25, 0.3) is 0 Å². The van der Waals surface area contributed by atoms with Gasteiger partial charge in [0.1, 0.15) is 5.75 Å². The average molecular weight is 188 g/mol. The number of carbonyl (C=O) groups is 1. The van der Waals surface area contributed by atoms with Crippen molar-refractivity contribution in [3.63, 3.8) is 0 Å². The number of ether oxygens (including phenoxy) is 1. The van der Waals surface area contributed by atoms with Crippen molar-refractivity contribution in [2.24, 2.45) is 0 Å². The van der Waals surface area contributed by atoms with Crippen molar-refractivity contribution >= 4 is 5.97 Å².